The van der Waals surface area contributed by atoms with Gasteiger partial charge in [-0.3, -0.25) is 9.52 Å². The summed E-state index contributed by atoms with van der Waals surface area (Å²) in [6.45, 7) is 3.94. The maximum atomic E-state index is 11.5. The number of hydrogen-bond acceptors (Lipinski definition) is 9. The molecule has 0 bridgehead atoms. The van der Waals surface area contributed by atoms with Crippen molar-refractivity contribution in [1.82, 2.24) is 19.9 Å². The Morgan fingerprint density at radius 3 is 2.50 bits per heavy atom. The number of aliphatic hydroxyl groups excluding tert-OH is 1. The van der Waals surface area contributed by atoms with Crippen molar-refractivity contribution in [2.75, 3.05) is 22.9 Å². The molecule has 154 valence electrons. The topological polar surface area (TPSA) is 150 Å². The minimum absolute atomic E-state index is 0.106. The quantitative estimate of drug-likeness (QED) is 0.407. The lowest BCUT2D eigenvalue weighted by Crippen LogP contribution is -2.27. The van der Waals surface area contributed by atoms with Crippen LogP contribution in [-0.4, -0.2) is 52.4 Å². The lowest BCUT2D eigenvalue weighted by molar-refractivity contribution is 0.259. The molecular formula is C16H24N6O4S2. The number of hydrogen-bond donors (Lipinski definition) is 4. The van der Waals surface area contributed by atoms with E-state index in [0.717, 1.165) is 11.8 Å². The van der Waals surface area contributed by atoms with E-state index in [1.807, 2.05) is 13.8 Å². The zero-order valence-electron chi connectivity index (χ0n) is 15.8. The van der Waals surface area contributed by atoms with Crippen LogP contribution in [0.4, 0.5) is 11.9 Å². The number of nitrogens with one attached hydrogen (secondary N) is 3. The molecule has 0 unspecified atom stereocenters. The van der Waals surface area contributed by atoms with E-state index in [-0.39, 0.29) is 30.1 Å². The van der Waals surface area contributed by atoms with Crippen molar-refractivity contribution in [2.24, 2.45) is 5.92 Å². The molecule has 28 heavy (non-hydrogen) atoms. The van der Waals surface area contributed by atoms with Crippen LogP contribution in [0.15, 0.2) is 28.3 Å². The second-order valence-electron chi connectivity index (χ2n) is 6.64. The van der Waals surface area contributed by atoms with E-state index in [4.69, 9.17) is 0 Å². The molecule has 0 spiro atoms. The first-order chi connectivity index (χ1) is 13.1. The van der Waals surface area contributed by atoms with Crippen molar-refractivity contribution < 1.29 is 13.5 Å². The number of aromatic amines is 1. The molecule has 0 saturated heterocycles. The van der Waals surface area contributed by atoms with E-state index in [1.54, 1.807) is 12.3 Å². The molecule has 0 aliphatic carbocycles. The van der Waals surface area contributed by atoms with Gasteiger partial charge in [-0.15, -0.1) is 0 Å². The van der Waals surface area contributed by atoms with E-state index in [0.29, 0.717) is 23.2 Å². The van der Waals surface area contributed by atoms with E-state index in [1.165, 1.54) is 17.8 Å². The fourth-order valence-corrected chi connectivity index (χ4v) is 3.51. The van der Waals surface area contributed by atoms with Crippen molar-refractivity contribution in [1.29, 1.82) is 0 Å². The van der Waals surface area contributed by atoms with Gasteiger partial charge in [-0.1, -0.05) is 31.7 Å². The molecule has 0 aliphatic rings. The van der Waals surface area contributed by atoms with Gasteiger partial charge < -0.3 is 15.4 Å². The van der Waals surface area contributed by atoms with Crippen molar-refractivity contribution in [3.8, 4) is 0 Å². The third kappa shape index (κ3) is 7.82. The Morgan fingerprint density at radius 2 is 1.93 bits per heavy atom. The molecule has 10 nitrogen and oxygen atoms in total. The van der Waals surface area contributed by atoms with Crippen LogP contribution in [-0.2, 0) is 15.8 Å². The van der Waals surface area contributed by atoms with Gasteiger partial charge in [0.1, 0.15) is 0 Å². The van der Waals surface area contributed by atoms with E-state index in [9.17, 15) is 18.3 Å². The number of H-pyrrole nitrogens is 1. The number of aromatic nitrogens is 4. The largest absolute Gasteiger partial charge is 0.394 e. The number of aliphatic hydroxyl groups is 1. The first-order valence-corrected chi connectivity index (χ1v) is 11.4. The van der Waals surface area contributed by atoms with Crippen molar-refractivity contribution in [2.45, 2.75) is 37.2 Å². The summed E-state index contributed by atoms with van der Waals surface area (Å²) in [4.78, 5) is 26.2. The van der Waals surface area contributed by atoms with Gasteiger partial charge in [0.15, 0.2) is 5.16 Å². The summed E-state index contributed by atoms with van der Waals surface area (Å²) in [5.74, 6) is 0.873. The lowest BCUT2D eigenvalue weighted by atomic mass is 10.0. The Bertz CT molecular complexity index is 928. The van der Waals surface area contributed by atoms with Crippen LogP contribution >= 0.6 is 11.8 Å². The average molecular weight is 429 g/mol. The van der Waals surface area contributed by atoms with Gasteiger partial charge in [-0.2, -0.15) is 15.0 Å². The summed E-state index contributed by atoms with van der Waals surface area (Å²) >= 11 is 1.26. The number of pyridine rings is 1. The molecule has 1 atom stereocenters. The summed E-state index contributed by atoms with van der Waals surface area (Å²) in [6.07, 6.45) is 3.29. The minimum Gasteiger partial charge on any atom is -0.394 e. The molecule has 4 N–H and O–H groups in total. The molecule has 0 radical (unpaired) electrons. The monoisotopic (exact) mass is 428 g/mol. The third-order valence-corrected chi connectivity index (χ3v) is 4.89. The predicted molar refractivity (Wildman–Crippen MR) is 109 cm³/mol. The van der Waals surface area contributed by atoms with Crippen LogP contribution in [0, 0.1) is 5.92 Å². The van der Waals surface area contributed by atoms with Crippen LogP contribution in [0.25, 0.3) is 0 Å². The van der Waals surface area contributed by atoms with E-state index < -0.39 is 10.0 Å². The van der Waals surface area contributed by atoms with Crippen LogP contribution in [0.5, 0.6) is 0 Å². The van der Waals surface area contributed by atoms with Gasteiger partial charge in [0.25, 0.3) is 0 Å². The van der Waals surface area contributed by atoms with Crippen LogP contribution in [0.2, 0.25) is 0 Å². The third-order valence-electron chi connectivity index (χ3n) is 3.42. The van der Waals surface area contributed by atoms with Gasteiger partial charge in [-0.05, 0) is 17.9 Å². The summed E-state index contributed by atoms with van der Waals surface area (Å²) < 4.78 is 25.3. The molecule has 0 aliphatic heterocycles. The van der Waals surface area contributed by atoms with Crippen LogP contribution in [0.1, 0.15) is 25.8 Å². The highest BCUT2D eigenvalue weighted by Crippen LogP contribution is 2.21. The fourth-order valence-electron chi connectivity index (χ4n) is 2.31. The second-order valence-corrected chi connectivity index (χ2v) is 9.33. The summed E-state index contributed by atoms with van der Waals surface area (Å²) in [6, 6.07) is 2.84. The summed E-state index contributed by atoms with van der Waals surface area (Å²) in [5.41, 5.74) is 0.658. The number of sulfonamides is 1. The van der Waals surface area contributed by atoms with Gasteiger partial charge in [0, 0.05) is 18.0 Å². The normalized spacial score (nSPS) is 12.8. The van der Waals surface area contributed by atoms with Crippen LogP contribution < -0.4 is 15.6 Å². The smallest absolute Gasteiger partial charge is 0.247 e. The second kappa shape index (κ2) is 9.85. The SMILES string of the molecule is CC(C)C[C@H](CO)Nc1nc(NS(C)(=O)=O)nc(SCc2ccc(=O)[nH]c2)n1. The number of thioether (sulfide) groups is 1. The molecule has 2 rings (SSSR count). The zero-order chi connectivity index (χ0) is 20.7. The molecule has 2 aromatic rings. The lowest BCUT2D eigenvalue weighted by Gasteiger charge is -2.18. The Morgan fingerprint density at radius 1 is 1.21 bits per heavy atom. The maximum absolute atomic E-state index is 11.5. The summed E-state index contributed by atoms with van der Waals surface area (Å²) in [5, 5.41) is 12.9. The molecule has 2 aromatic heterocycles. The molecule has 12 heteroatoms. The highest BCUT2D eigenvalue weighted by Gasteiger charge is 2.15. The molecule has 0 aromatic carbocycles. The van der Waals surface area contributed by atoms with Gasteiger partial charge in [0.05, 0.1) is 18.9 Å². The zero-order valence-corrected chi connectivity index (χ0v) is 17.5. The maximum Gasteiger partial charge on any atom is 0.247 e. The van der Waals surface area contributed by atoms with Crippen molar-refractivity contribution >= 4 is 33.7 Å². The molecular weight excluding hydrogens is 404 g/mol. The number of nitrogens with zero attached hydrogens (tertiary/aromatic N) is 3. The first-order valence-electron chi connectivity index (χ1n) is 8.56. The minimum atomic E-state index is -3.56. The highest BCUT2D eigenvalue weighted by molar-refractivity contribution is 7.98. The molecule has 2 heterocycles. The Balaban J connectivity index is 2.23. The Kier molecular flexibility index (Phi) is 7.78. The standard InChI is InChI=1S/C16H24N6O4S2/c1-10(2)6-12(8-23)18-14-19-15(22-28(3,25)26)21-16(20-14)27-9-11-4-5-13(24)17-7-11/h4-5,7,10,12,23H,6,8-9H2,1-3H3,(H,17,24)(H2,18,19,20,21,22)/t12-/m1/s1. The van der Waals surface area contributed by atoms with Gasteiger partial charge in [0.2, 0.25) is 27.5 Å². The average Bonchev–Trinajstić information content (AvgIpc) is 2.58. The highest BCUT2D eigenvalue weighted by atomic mass is 32.2. The van der Waals surface area contributed by atoms with Crippen molar-refractivity contribution in [3.05, 3.63) is 34.2 Å². The van der Waals surface area contributed by atoms with Gasteiger partial charge in [-0.25, -0.2) is 8.42 Å². The number of anilines is 2. The molecule has 0 amide bonds. The van der Waals surface area contributed by atoms with Gasteiger partial charge >= 0.3 is 0 Å². The van der Waals surface area contributed by atoms with Crippen LogP contribution in [0.3, 0.4) is 0 Å². The first kappa shape index (κ1) is 22.1. The van der Waals surface area contributed by atoms with Crippen molar-refractivity contribution in [3.63, 3.8) is 0 Å². The predicted octanol–water partition coefficient (Wildman–Crippen LogP) is 1.04. The number of rotatable bonds is 10. The molecule has 0 fully saturated rings. The fraction of sp³-hybridized carbons (Fsp3) is 0.500. The Labute approximate surface area is 167 Å². The Hall–Kier alpha value is -2.18. The van der Waals surface area contributed by atoms with E-state index >= 15 is 0 Å². The molecule has 0 saturated carbocycles. The van der Waals surface area contributed by atoms with E-state index in [2.05, 4.69) is 30.0 Å². The summed E-state index contributed by atoms with van der Waals surface area (Å²) in [7, 11) is -3.56.